The zero-order valence-electron chi connectivity index (χ0n) is 15.0. The van der Waals surface area contributed by atoms with Gasteiger partial charge in [-0.1, -0.05) is 19.1 Å². The Balaban J connectivity index is 1.45. The van der Waals surface area contributed by atoms with Crippen LogP contribution in [0.2, 0.25) is 0 Å². The first-order chi connectivity index (χ1) is 11.8. The molecule has 4 nitrogen and oxygen atoms in total. The number of hydrogen-bond acceptors (Lipinski definition) is 3. The highest BCUT2D eigenvalue weighted by Gasteiger charge is 2.19. The average Bonchev–Trinajstić information content (AvgIpc) is 2.67. The van der Waals surface area contributed by atoms with Crippen LogP contribution >= 0.6 is 0 Å². The van der Waals surface area contributed by atoms with Crippen molar-refractivity contribution in [2.45, 2.75) is 39.0 Å². The zero-order chi connectivity index (χ0) is 16.8. The number of amides is 1. The summed E-state index contributed by atoms with van der Waals surface area (Å²) in [5.74, 6) is 0.311. The third-order valence-electron chi connectivity index (χ3n) is 5.46. The number of hydrogen-bond donors (Lipinski definition) is 0. The number of carbonyl (C=O) groups is 1. The molecule has 2 aliphatic heterocycles. The van der Waals surface area contributed by atoms with Crippen molar-refractivity contribution in [3.05, 3.63) is 29.8 Å². The van der Waals surface area contributed by atoms with Gasteiger partial charge in [0.25, 0.3) is 0 Å². The second-order valence-electron chi connectivity index (χ2n) is 7.03. The minimum absolute atomic E-state index is 0.311. The number of piperidine rings is 1. The highest BCUT2D eigenvalue weighted by Crippen LogP contribution is 2.20. The van der Waals surface area contributed by atoms with Crippen LogP contribution in [0.4, 0.5) is 5.69 Å². The lowest BCUT2D eigenvalue weighted by molar-refractivity contribution is -0.132. The first-order valence-corrected chi connectivity index (χ1v) is 9.60. The third kappa shape index (κ3) is 4.50. The number of nitrogens with zero attached hydrogens (tertiary/aromatic N) is 3. The standard InChI is InChI=1S/C20H31N3O/c1-2-21-14-16-23(17-15-21)20(24)11-8-18-6-9-19(10-7-18)22-12-4-3-5-13-22/h6-7,9-10H,2-5,8,11-17H2,1H3. The highest BCUT2D eigenvalue weighted by atomic mass is 16.2. The van der Waals surface area contributed by atoms with Crippen LogP contribution in [0.3, 0.4) is 0 Å². The van der Waals surface area contributed by atoms with Gasteiger partial charge in [0.1, 0.15) is 0 Å². The van der Waals surface area contributed by atoms with Gasteiger partial charge in [0.15, 0.2) is 0 Å². The summed E-state index contributed by atoms with van der Waals surface area (Å²) in [7, 11) is 0. The predicted molar refractivity (Wildman–Crippen MR) is 99.5 cm³/mol. The summed E-state index contributed by atoms with van der Waals surface area (Å²) in [6.07, 6.45) is 5.47. The third-order valence-corrected chi connectivity index (χ3v) is 5.46. The second-order valence-corrected chi connectivity index (χ2v) is 7.03. The Kier molecular flexibility index (Phi) is 6.13. The Morgan fingerprint density at radius 1 is 0.917 bits per heavy atom. The topological polar surface area (TPSA) is 26.8 Å². The molecule has 0 spiro atoms. The van der Waals surface area contributed by atoms with E-state index in [4.69, 9.17) is 0 Å². The van der Waals surface area contributed by atoms with E-state index in [9.17, 15) is 4.79 Å². The molecule has 0 atom stereocenters. The average molecular weight is 329 g/mol. The van der Waals surface area contributed by atoms with Gasteiger partial charge in [-0.05, 0) is 49.9 Å². The molecule has 132 valence electrons. The molecule has 3 rings (SSSR count). The Bertz CT molecular complexity index is 514. The highest BCUT2D eigenvalue weighted by molar-refractivity contribution is 5.76. The summed E-state index contributed by atoms with van der Waals surface area (Å²) in [4.78, 5) is 19.3. The van der Waals surface area contributed by atoms with E-state index in [0.29, 0.717) is 12.3 Å². The van der Waals surface area contributed by atoms with E-state index in [0.717, 1.165) is 39.1 Å². The number of likely N-dealkylation sites (N-methyl/N-ethyl adjacent to an activating group) is 1. The number of benzene rings is 1. The number of piperazine rings is 1. The molecule has 1 aromatic carbocycles. The van der Waals surface area contributed by atoms with E-state index in [2.05, 4.69) is 41.0 Å². The van der Waals surface area contributed by atoms with Crippen LogP contribution in [-0.2, 0) is 11.2 Å². The minimum atomic E-state index is 0.311. The van der Waals surface area contributed by atoms with Crippen molar-refractivity contribution in [1.82, 2.24) is 9.80 Å². The fourth-order valence-corrected chi connectivity index (χ4v) is 3.75. The number of anilines is 1. The van der Waals surface area contributed by atoms with E-state index < -0.39 is 0 Å². The fourth-order valence-electron chi connectivity index (χ4n) is 3.75. The van der Waals surface area contributed by atoms with Gasteiger partial charge in [-0.25, -0.2) is 0 Å². The minimum Gasteiger partial charge on any atom is -0.372 e. The van der Waals surface area contributed by atoms with Gasteiger partial charge in [0, 0.05) is 51.4 Å². The van der Waals surface area contributed by atoms with Crippen molar-refractivity contribution >= 4 is 11.6 Å². The van der Waals surface area contributed by atoms with Crippen LogP contribution < -0.4 is 4.90 Å². The molecule has 0 unspecified atom stereocenters. The van der Waals surface area contributed by atoms with E-state index >= 15 is 0 Å². The molecule has 2 aliphatic rings. The molecular weight excluding hydrogens is 298 g/mol. The molecule has 0 N–H and O–H groups in total. The van der Waals surface area contributed by atoms with Crippen molar-refractivity contribution in [2.24, 2.45) is 0 Å². The van der Waals surface area contributed by atoms with Gasteiger partial charge >= 0.3 is 0 Å². The summed E-state index contributed by atoms with van der Waals surface area (Å²) >= 11 is 0. The Hall–Kier alpha value is -1.55. The zero-order valence-corrected chi connectivity index (χ0v) is 15.0. The molecule has 0 aliphatic carbocycles. The fraction of sp³-hybridized carbons (Fsp3) is 0.650. The van der Waals surface area contributed by atoms with Crippen molar-refractivity contribution in [3.63, 3.8) is 0 Å². The molecule has 1 amide bonds. The lowest BCUT2D eigenvalue weighted by atomic mass is 10.1. The van der Waals surface area contributed by atoms with Gasteiger partial charge in [0.05, 0.1) is 0 Å². The predicted octanol–water partition coefficient (Wildman–Crippen LogP) is 2.77. The second kappa shape index (κ2) is 8.52. The number of carbonyl (C=O) groups excluding carboxylic acids is 1. The van der Waals surface area contributed by atoms with Gasteiger partial charge < -0.3 is 14.7 Å². The lowest BCUT2D eigenvalue weighted by Crippen LogP contribution is -2.48. The number of aryl methyl sites for hydroxylation is 1. The summed E-state index contributed by atoms with van der Waals surface area (Å²) in [5.41, 5.74) is 2.61. The quantitative estimate of drug-likeness (QED) is 0.831. The number of rotatable bonds is 5. The van der Waals surface area contributed by atoms with Crippen molar-refractivity contribution in [3.8, 4) is 0 Å². The molecule has 0 radical (unpaired) electrons. The molecule has 2 saturated heterocycles. The van der Waals surface area contributed by atoms with E-state index in [-0.39, 0.29) is 0 Å². The molecule has 2 fully saturated rings. The van der Waals surface area contributed by atoms with Crippen LogP contribution in [0.15, 0.2) is 24.3 Å². The molecule has 1 aromatic rings. The van der Waals surface area contributed by atoms with E-state index in [1.54, 1.807) is 0 Å². The molecule has 2 heterocycles. The Labute approximate surface area is 146 Å². The summed E-state index contributed by atoms with van der Waals surface area (Å²) in [5, 5.41) is 0. The maximum atomic E-state index is 12.4. The van der Waals surface area contributed by atoms with Gasteiger partial charge in [-0.2, -0.15) is 0 Å². The Morgan fingerprint density at radius 3 is 2.21 bits per heavy atom. The van der Waals surface area contributed by atoms with Crippen LogP contribution in [-0.4, -0.2) is 61.5 Å². The van der Waals surface area contributed by atoms with Crippen molar-refractivity contribution < 1.29 is 4.79 Å². The van der Waals surface area contributed by atoms with Crippen LogP contribution in [0.1, 0.15) is 38.2 Å². The van der Waals surface area contributed by atoms with Gasteiger partial charge in [-0.3, -0.25) is 4.79 Å². The molecule has 4 heteroatoms. The monoisotopic (exact) mass is 329 g/mol. The van der Waals surface area contributed by atoms with Crippen molar-refractivity contribution in [1.29, 1.82) is 0 Å². The van der Waals surface area contributed by atoms with Crippen LogP contribution in [0.5, 0.6) is 0 Å². The van der Waals surface area contributed by atoms with Crippen LogP contribution in [0, 0.1) is 0 Å². The van der Waals surface area contributed by atoms with Gasteiger partial charge in [0.2, 0.25) is 5.91 Å². The Morgan fingerprint density at radius 2 is 1.58 bits per heavy atom. The smallest absolute Gasteiger partial charge is 0.222 e. The van der Waals surface area contributed by atoms with E-state index in [1.165, 1.54) is 43.6 Å². The maximum Gasteiger partial charge on any atom is 0.222 e. The largest absolute Gasteiger partial charge is 0.372 e. The first kappa shape index (κ1) is 17.3. The summed E-state index contributed by atoms with van der Waals surface area (Å²) in [6, 6.07) is 8.86. The van der Waals surface area contributed by atoms with Crippen molar-refractivity contribution in [2.75, 3.05) is 50.7 Å². The van der Waals surface area contributed by atoms with Crippen LogP contribution in [0.25, 0.3) is 0 Å². The molecular formula is C20H31N3O. The molecule has 0 aromatic heterocycles. The first-order valence-electron chi connectivity index (χ1n) is 9.60. The molecule has 0 saturated carbocycles. The summed E-state index contributed by atoms with van der Waals surface area (Å²) < 4.78 is 0. The van der Waals surface area contributed by atoms with Gasteiger partial charge in [-0.15, -0.1) is 0 Å². The van der Waals surface area contributed by atoms with E-state index in [1.807, 2.05) is 4.90 Å². The SMILES string of the molecule is CCN1CCN(C(=O)CCc2ccc(N3CCCCC3)cc2)CC1. The normalized spacial score (nSPS) is 19.5. The molecule has 24 heavy (non-hydrogen) atoms. The molecule has 0 bridgehead atoms. The summed E-state index contributed by atoms with van der Waals surface area (Å²) in [6.45, 7) is 9.46. The lowest BCUT2D eigenvalue weighted by Gasteiger charge is -2.34. The maximum absolute atomic E-state index is 12.4.